The molecule has 4 nitrogen and oxygen atoms in total. The van der Waals surface area contributed by atoms with Crippen LogP contribution in [0.2, 0.25) is 5.02 Å². The number of hydrazone groups is 1. The van der Waals surface area contributed by atoms with Crippen LogP contribution in [0, 0.1) is 0 Å². The fraction of sp³-hybridized carbons (Fsp3) is 0.0952. The summed E-state index contributed by atoms with van der Waals surface area (Å²) in [4.78, 5) is 0.224. The topological polar surface area (TPSA) is 49.7 Å². The van der Waals surface area contributed by atoms with Crippen molar-refractivity contribution in [3.05, 3.63) is 101 Å². The standard InChI is InChI=1S/C21H17ClN2O2S/c22-18-13-11-17(12-14-18)21-15-20(16-7-3-1-4-8-16)23-24(21)27(25,26)19-9-5-2-6-10-19/h1-14,21H,15H2/t21-/m0/s1. The number of halogens is 1. The number of hydrogen-bond donors (Lipinski definition) is 0. The van der Waals surface area contributed by atoms with Gasteiger partial charge in [-0.3, -0.25) is 0 Å². The number of sulfonamides is 1. The molecule has 3 aromatic rings. The molecule has 0 N–H and O–H groups in total. The highest BCUT2D eigenvalue weighted by molar-refractivity contribution is 7.89. The molecule has 6 heteroatoms. The molecule has 136 valence electrons. The second-order valence-electron chi connectivity index (χ2n) is 6.27. The van der Waals surface area contributed by atoms with E-state index in [1.165, 1.54) is 4.41 Å². The Hall–Kier alpha value is -2.63. The fourth-order valence-corrected chi connectivity index (χ4v) is 4.73. The van der Waals surface area contributed by atoms with E-state index >= 15 is 0 Å². The van der Waals surface area contributed by atoms with E-state index in [2.05, 4.69) is 5.10 Å². The third-order valence-electron chi connectivity index (χ3n) is 4.52. The summed E-state index contributed by atoms with van der Waals surface area (Å²) >= 11 is 6.00. The van der Waals surface area contributed by atoms with E-state index in [1.807, 2.05) is 42.5 Å². The van der Waals surface area contributed by atoms with Gasteiger partial charge in [0.05, 0.1) is 16.6 Å². The molecule has 0 radical (unpaired) electrons. The molecule has 1 aliphatic rings. The first-order valence-corrected chi connectivity index (χ1v) is 10.4. The van der Waals surface area contributed by atoms with Crippen molar-refractivity contribution >= 4 is 27.3 Å². The Kier molecular flexibility index (Phi) is 4.72. The first-order valence-electron chi connectivity index (χ1n) is 8.53. The molecule has 0 spiro atoms. The molecular weight excluding hydrogens is 380 g/mol. The smallest absolute Gasteiger partial charge is 0.200 e. The molecule has 0 amide bonds. The lowest BCUT2D eigenvalue weighted by atomic mass is 9.99. The van der Waals surface area contributed by atoms with Crippen LogP contribution in [0.3, 0.4) is 0 Å². The minimum atomic E-state index is -3.77. The molecule has 3 aromatic carbocycles. The largest absolute Gasteiger partial charge is 0.279 e. The first-order chi connectivity index (χ1) is 13.1. The van der Waals surface area contributed by atoms with Crippen molar-refractivity contribution in [1.29, 1.82) is 0 Å². The van der Waals surface area contributed by atoms with Crippen LogP contribution < -0.4 is 0 Å². The predicted molar refractivity (Wildman–Crippen MR) is 107 cm³/mol. The summed E-state index contributed by atoms with van der Waals surface area (Å²) in [6.07, 6.45) is 0.498. The van der Waals surface area contributed by atoms with Gasteiger partial charge in [-0.25, -0.2) is 0 Å². The fourth-order valence-electron chi connectivity index (χ4n) is 3.15. The summed E-state index contributed by atoms with van der Waals surface area (Å²) in [6.45, 7) is 0. The van der Waals surface area contributed by atoms with Gasteiger partial charge in [0, 0.05) is 11.4 Å². The lowest BCUT2D eigenvalue weighted by Crippen LogP contribution is -2.27. The van der Waals surface area contributed by atoms with E-state index in [1.54, 1.807) is 42.5 Å². The monoisotopic (exact) mass is 396 g/mol. The molecule has 4 rings (SSSR count). The summed E-state index contributed by atoms with van der Waals surface area (Å²) in [6, 6.07) is 24.9. The number of hydrogen-bond acceptors (Lipinski definition) is 3. The van der Waals surface area contributed by atoms with Gasteiger partial charge in [0.2, 0.25) is 0 Å². The lowest BCUT2D eigenvalue weighted by Gasteiger charge is -2.23. The van der Waals surface area contributed by atoms with Crippen LogP contribution in [-0.4, -0.2) is 18.5 Å². The minimum absolute atomic E-state index is 0.224. The molecule has 0 fully saturated rings. The van der Waals surface area contributed by atoms with Gasteiger partial charge in [-0.2, -0.15) is 17.9 Å². The summed E-state index contributed by atoms with van der Waals surface area (Å²) in [7, 11) is -3.77. The van der Waals surface area contributed by atoms with Crippen molar-refractivity contribution in [2.24, 2.45) is 5.10 Å². The highest BCUT2D eigenvalue weighted by Crippen LogP contribution is 2.37. The van der Waals surface area contributed by atoms with Crippen LogP contribution >= 0.6 is 11.6 Å². The van der Waals surface area contributed by atoms with Crippen molar-refractivity contribution in [1.82, 2.24) is 4.41 Å². The molecule has 0 bridgehead atoms. The van der Waals surface area contributed by atoms with Gasteiger partial charge in [0.15, 0.2) is 0 Å². The highest BCUT2D eigenvalue weighted by atomic mass is 35.5. The average molecular weight is 397 g/mol. The lowest BCUT2D eigenvalue weighted by molar-refractivity contribution is 0.371. The van der Waals surface area contributed by atoms with Crippen molar-refractivity contribution in [3.8, 4) is 0 Å². The van der Waals surface area contributed by atoms with E-state index in [0.29, 0.717) is 11.4 Å². The zero-order valence-electron chi connectivity index (χ0n) is 14.4. The van der Waals surface area contributed by atoms with Crippen molar-refractivity contribution in [3.63, 3.8) is 0 Å². The zero-order valence-corrected chi connectivity index (χ0v) is 15.9. The van der Waals surface area contributed by atoms with Crippen LogP contribution in [0.1, 0.15) is 23.6 Å². The second-order valence-corrected chi connectivity index (χ2v) is 8.51. The van der Waals surface area contributed by atoms with Crippen LogP contribution in [0.15, 0.2) is 94.9 Å². The van der Waals surface area contributed by atoms with Gasteiger partial charge in [0.25, 0.3) is 10.0 Å². The van der Waals surface area contributed by atoms with Crippen molar-refractivity contribution in [2.45, 2.75) is 17.4 Å². The average Bonchev–Trinajstić information content (AvgIpc) is 3.16. The maximum absolute atomic E-state index is 13.3. The van der Waals surface area contributed by atoms with Gasteiger partial charge in [-0.05, 0) is 35.4 Å². The molecule has 27 heavy (non-hydrogen) atoms. The summed E-state index contributed by atoms with van der Waals surface area (Å²) in [5.41, 5.74) is 2.52. The number of nitrogens with zero attached hydrogens (tertiary/aromatic N) is 2. The molecule has 0 unspecified atom stereocenters. The van der Waals surface area contributed by atoms with E-state index < -0.39 is 16.1 Å². The normalized spacial score (nSPS) is 17.0. The SMILES string of the molecule is O=S(=O)(c1ccccc1)N1N=C(c2ccccc2)C[C@H]1c1ccc(Cl)cc1. The van der Waals surface area contributed by atoms with Gasteiger partial charge < -0.3 is 0 Å². The van der Waals surface area contributed by atoms with Crippen LogP contribution in [0.5, 0.6) is 0 Å². The zero-order chi connectivity index (χ0) is 18.9. The summed E-state index contributed by atoms with van der Waals surface area (Å²) in [5, 5.41) is 5.13. The third-order valence-corrected chi connectivity index (χ3v) is 6.47. The van der Waals surface area contributed by atoms with E-state index in [9.17, 15) is 8.42 Å². The summed E-state index contributed by atoms with van der Waals surface area (Å²) in [5.74, 6) is 0. The van der Waals surface area contributed by atoms with Gasteiger partial charge in [0.1, 0.15) is 0 Å². The van der Waals surface area contributed by atoms with Gasteiger partial charge >= 0.3 is 0 Å². The van der Waals surface area contributed by atoms with Gasteiger partial charge in [-0.1, -0.05) is 72.3 Å². The molecular formula is C21H17ClN2O2S. The number of rotatable bonds is 4. The minimum Gasteiger partial charge on any atom is -0.200 e. The Morgan fingerprint density at radius 2 is 1.44 bits per heavy atom. The molecule has 0 aromatic heterocycles. The number of benzene rings is 3. The Labute approximate surface area is 163 Å². The predicted octanol–water partition coefficient (Wildman–Crippen LogP) is 4.88. The van der Waals surface area contributed by atoms with Crippen LogP contribution in [0.25, 0.3) is 0 Å². The van der Waals surface area contributed by atoms with Gasteiger partial charge in [-0.15, -0.1) is 0 Å². The second kappa shape index (κ2) is 7.18. The van der Waals surface area contributed by atoms with E-state index in [0.717, 1.165) is 16.8 Å². The van der Waals surface area contributed by atoms with E-state index in [4.69, 9.17) is 11.6 Å². The first kappa shape index (κ1) is 17.8. The highest BCUT2D eigenvalue weighted by Gasteiger charge is 2.37. The molecule has 0 saturated heterocycles. The van der Waals surface area contributed by atoms with Crippen molar-refractivity contribution in [2.75, 3.05) is 0 Å². The maximum Gasteiger partial charge on any atom is 0.279 e. The third kappa shape index (κ3) is 3.48. The Bertz CT molecular complexity index is 1070. The summed E-state index contributed by atoms with van der Waals surface area (Å²) < 4.78 is 27.7. The van der Waals surface area contributed by atoms with Crippen LogP contribution in [-0.2, 0) is 10.0 Å². The quantitative estimate of drug-likeness (QED) is 0.631. The Morgan fingerprint density at radius 1 is 0.852 bits per heavy atom. The van der Waals surface area contributed by atoms with E-state index in [-0.39, 0.29) is 4.90 Å². The molecule has 1 heterocycles. The molecule has 0 saturated carbocycles. The van der Waals surface area contributed by atoms with Crippen molar-refractivity contribution < 1.29 is 8.42 Å². The maximum atomic E-state index is 13.3. The molecule has 1 atom stereocenters. The Balaban J connectivity index is 1.80. The molecule has 1 aliphatic heterocycles. The molecule has 0 aliphatic carbocycles. The van der Waals surface area contributed by atoms with Crippen LogP contribution in [0.4, 0.5) is 0 Å². The Morgan fingerprint density at radius 3 is 2.07 bits per heavy atom.